The number of benzene rings is 1. The van der Waals surface area contributed by atoms with Gasteiger partial charge in [0.15, 0.2) is 5.88 Å². The molecule has 2 aliphatic carbocycles. The van der Waals surface area contributed by atoms with Gasteiger partial charge in [-0.2, -0.15) is 0 Å². The summed E-state index contributed by atoms with van der Waals surface area (Å²) >= 11 is 0. The van der Waals surface area contributed by atoms with E-state index in [0.717, 1.165) is 5.88 Å². The van der Waals surface area contributed by atoms with Crippen LogP contribution >= 0.6 is 0 Å². The average molecular weight is 295 g/mol. The first-order valence-electron chi connectivity index (χ1n) is 8.46. The first-order chi connectivity index (χ1) is 10.7. The standard InChI is InChI=1S/C20H25NO/c1-20(14-9-5-4-6-10-14)13-17(20)18-15-11-7-8-12-16(15)19(22-3)21(18)2/h4-6,9-10,17H,7-8,11-13H2,1-3H3/t17-,20-/m1/s1. The van der Waals surface area contributed by atoms with Crippen LogP contribution in [0.3, 0.4) is 0 Å². The Morgan fingerprint density at radius 1 is 1.09 bits per heavy atom. The van der Waals surface area contributed by atoms with Crippen molar-refractivity contribution in [1.82, 2.24) is 4.57 Å². The summed E-state index contributed by atoms with van der Waals surface area (Å²) in [4.78, 5) is 0. The molecule has 1 aromatic carbocycles. The highest BCUT2D eigenvalue weighted by molar-refractivity contribution is 5.51. The zero-order valence-electron chi connectivity index (χ0n) is 13.9. The van der Waals surface area contributed by atoms with Gasteiger partial charge in [0, 0.05) is 29.6 Å². The first kappa shape index (κ1) is 13.9. The maximum atomic E-state index is 5.74. The molecule has 1 heterocycles. The molecule has 2 atom stereocenters. The van der Waals surface area contributed by atoms with Crippen LogP contribution in [0.2, 0.25) is 0 Å². The normalized spacial score (nSPS) is 26.6. The molecule has 2 aromatic rings. The number of methoxy groups -OCH3 is 1. The Balaban J connectivity index is 1.78. The maximum Gasteiger partial charge on any atom is 0.196 e. The van der Waals surface area contributed by atoms with Gasteiger partial charge in [0.25, 0.3) is 0 Å². The molecule has 2 nitrogen and oxygen atoms in total. The quantitative estimate of drug-likeness (QED) is 0.820. The van der Waals surface area contributed by atoms with Crippen molar-refractivity contribution in [2.75, 3.05) is 7.11 Å². The van der Waals surface area contributed by atoms with Gasteiger partial charge in [0.05, 0.1) is 7.11 Å². The van der Waals surface area contributed by atoms with Gasteiger partial charge in [0.1, 0.15) is 0 Å². The highest BCUT2D eigenvalue weighted by Gasteiger charge is 2.54. The van der Waals surface area contributed by atoms with Gasteiger partial charge < -0.3 is 9.30 Å². The fourth-order valence-electron chi connectivity index (χ4n) is 4.54. The van der Waals surface area contributed by atoms with Crippen molar-refractivity contribution < 1.29 is 4.74 Å². The van der Waals surface area contributed by atoms with Crippen LogP contribution in [0.25, 0.3) is 0 Å². The van der Waals surface area contributed by atoms with Crippen molar-refractivity contribution in [2.45, 2.75) is 50.4 Å². The highest BCUT2D eigenvalue weighted by atomic mass is 16.5. The summed E-state index contributed by atoms with van der Waals surface area (Å²) in [5.74, 6) is 1.74. The number of hydrogen-bond acceptors (Lipinski definition) is 1. The van der Waals surface area contributed by atoms with Crippen LogP contribution in [0.4, 0.5) is 0 Å². The molecular weight excluding hydrogens is 270 g/mol. The molecule has 0 amide bonds. The maximum absolute atomic E-state index is 5.74. The molecular formula is C20H25NO. The summed E-state index contributed by atoms with van der Waals surface area (Å²) in [7, 11) is 4.01. The molecule has 116 valence electrons. The lowest BCUT2D eigenvalue weighted by Crippen LogP contribution is -2.08. The molecule has 0 bridgehead atoms. The van der Waals surface area contributed by atoms with Crippen LogP contribution in [0.1, 0.15) is 54.5 Å². The van der Waals surface area contributed by atoms with Crippen LogP contribution in [0.15, 0.2) is 30.3 Å². The molecule has 0 spiro atoms. The van der Waals surface area contributed by atoms with E-state index in [1.165, 1.54) is 48.9 Å². The second kappa shape index (κ2) is 4.91. The van der Waals surface area contributed by atoms with Crippen molar-refractivity contribution in [3.8, 4) is 5.88 Å². The predicted molar refractivity (Wildman–Crippen MR) is 89.8 cm³/mol. The van der Waals surface area contributed by atoms with E-state index in [1.54, 1.807) is 5.56 Å². The molecule has 0 radical (unpaired) electrons. The molecule has 0 unspecified atom stereocenters. The van der Waals surface area contributed by atoms with Crippen LogP contribution in [-0.4, -0.2) is 11.7 Å². The summed E-state index contributed by atoms with van der Waals surface area (Å²) < 4.78 is 8.08. The molecule has 2 heteroatoms. The van der Waals surface area contributed by atoms with E-state index in [9.17, 15) is 0 Å². The third-order valence-electron chi connectivity index (χ3n) is 5.89. The molecule has 1 fully saturated rings. The Labute approximate surface area is 133 Å². The Bertz CT molecular complexity index is 700. The van der Waals surface area contributed by atoms with Gasteiger partial charge in [0.2, 0.25) is 0 Å². The third kappa shape index (κ3) is 1.86. The smallest absolute Gasteiger partial charge is 0.196 e. The van der Waals surface area contributed by atoms with Crippen molar-refractivity contribution in [3.63, 3.8) is 0 Å². The third-order valence-corrected chi connectivity index (χ3v) is 5.89. The molecule has 2 aliphatic rings. The van der Waals surface area contributed by atoms with Crippen molar-refractivity contribution >= 4 is 0 Å². The number of hydrogen-bond donors (Lipinski definition) is 0. The van der Waals surface area contributed by atoms with Gasteiger partial charge in [-0.3, -0.25) is 0 Å². The van der Waals surface area contributed by atoms with Gasteiger partial charge in [-0.15, -0.1) is 0 Å². The lowest BCUT2D eigenvalue weighted by Gasteiger charge is -2.16. The largest absolute Gasteiger partial charge is 0.482 e. The minimum atomic E-state index is 0.295. The number of nitrogens with zero attached hydrogens (tertiary/aromatic N) is 1. The zero-order valence-corrected chi connectivity index (χ0v) is 13.9. The average Bonchev–Trinajstić information content (AvgIpc) is 3.14. The van der Waals surface area contributed by atoms with E-state index in [0.29, 0.717) is 11.3 Å². The number of fused-ring (bicyclic) bond motifs is 1. The summed E-state index contributed by atoms with van der Waals surface area (Å²) in [5, 5.41) is 0. The highest BCUT2D eigenvalue weighted by Crippen LogP contribution is 2.62. The molecule has 0 N–H and O–H groups in total. The summed E-state index contributed by atoms with van der Waals surface area (Å²) in [5.41, 5.74) is 6.38. The summed E-state index contributed by atoms with van der Waals surface area (Å²) in [6.07, 6.45) is 6.28. The lowest BCUT2D eigenvalue weighted by molar-refractivity contribution is 0.374. The van der Waals surface area contributed by atoms with E-state index in [1.807, 2.05) is 7.11 Å². The van der Waals surface area contributed by atoms with Crippen molar-refractivity contribution in [3.05, 3.63) is 52.7 Å². The summed E-state index contributed by atoms with van der Waals surface area (Å²) in [6.45, 7) is 2.42. The Kier molecular flexibility index (Phi) is 3.11. The lowest BCUT2D eigenvalue weighted by atomic mass is 9.89. The van der Waals surface area contributed by atoms with E-state index in [-0.39, 0.29) is 0 Å². The van der Waals surface area contributed by atoms with E-state index < -0.39 is 0 Å². The molecule has 22 heavy (non-hydrogen) atoms. The molecule has 0 saturated heterocycles. The first-order valence-corrected chi connectivity index (χ1v) is 8.46. The SMILES string of the molecule is COc1c2c(c([C@H]3C[C@]3(C)c3ccccc3)n1C)CCCC2. The minimum absolute atomic E-state index is 0.295. The van der Waals surface area contributed by atoms with Gasteiger partial charge in [-0.25, -0.2) is 0 Å². The van der Waals surface area contributed by atoms with Gasteiger partial charge >= 0.3 is 0 Å². The molecule has 1 saturated carbocycles. The minimum Gasteiger partial charge on any atom is -0.482 e. The monoisotopic (exact) mass is 295 g/mol. The fourth-order valence-corrected chi connectivity index (χ4v) is 4.54. The second-order valence-corrected chi connectivity index (χ2v) is 7.16. The molecule has 4 rings (SSSR count). The van der Waals surface area contributed by atoms with Crippen LogP contribution < -0.4 is 4.74 Å². The van der Waals surface area contributed by atoms with E-state index in [2.05, 4.69) is 48.9 Å². The Morgan fingerprint density at radius 2 is 1.77 bits per heavy atom. The van der Waals surface area contributed by atoms with Crippen LogP contribution in [-0.2, 0) is 25.3 Å². The predicted octanol–water partition coefficient (Wildman–Crippen LogP) is 4.36. The van der Waals surface area contributed by atoms with Crippen LogP contribution in [0.5, 0.6) is 5.88 Å². The fraction of sp³-hybridized carbons (Fsp3) is 0.500. The second-order valence-electron chi connectivity index (χ2n) is 7.16. The summed E-state index contributed by atoms with van der Waals surface area (Å²) in [6, 6.07) is 11.0. The van der Waals surface area contributed by atoms with Gasteiger partial charge in [-0.1, -0.05) is 37.3 Å². The van der Waals surface area contributed by atoms with Crippen LogP contribution in [0, 0.1) is 0 Å². The number of ether oxygens (including phenoxy) is 1. The Morgan fingerprint density at radius 3 is 2.45 bits per heavy atom. The number of aromatic nitrogens is 1. The van der Waals surface area contributed by atoms with Crippen molar-refractivity contribution in [1.29, 1.82) is 0 Å². The van der Waals surface area contributed by atoms with Crippen molar-refractivity contribution in [2.24, 2.45) is 7.05 Å². The molecule has 1 aromatic heterocycles. The van der Waals surface area contributed by atoms with E-state index >= 15 is 0 Å². The van der Waals surface area contributed by atoms with E-state index in [4.69, 9.17) is 4.74 Å². The Hall–Kier alpha value is -1.70. The topological polar surface area (TPSA) is 14.2 Å². The number of rotatable bonds is 3. The zero-order chi connectivity index (χ0) is 15.3. The van der Waals surface area contributed by atoms with Gasteiger partial charge in [-0.05, 0) is 43.2 Å². The molecule has 0 aliphatic heterocycles.